The van der Waals surface area contributed by atoms with E-state index in [1.165, 1.54) is 0 Å². The van der Waals surface area contributed by atoms with Crippen LogP contribution in [0.25, 0.3) is 0 Å². The third-order valence-electron chi connectivity index (χ3n) is 3.12. The first-order chi connectivity index (χ1) is 10.2. The number of hydrogen-bond acceptors (Lipinski definition) is 4. The summed E-state index contributed by atoms with van der Waals surface area (Å²) in [6, 6.07) is 13.1. The summed E-state index contributed by atoms with van der Waals surface area (Å²) in [5.41, 5.74) is 2.26. The van der Waals surface area contributed by atoms with Crippen molar-refractivity contribution in [2.24, 2.45) is 0 Å². The minimum Gasteiger partial charge on any atom is -0.508 e. The average Bonchev–Trinajstić information content (AvgIpc) is 2.51. The van der Waals surface area contributed by atoms with E-state index >= 15 is 0 Å². The molecule has 0 aliphatic carbocycles. The molecule has 0 aromatic heterocycles. The lowest BCUT2D eigenvalue weighted by Crippen LogP contribution is -2.12. The smallest absolute Gasteiger partial charge is 0.161 e. The Hall–Kier alpha value is -2.20. The highest BCUT2D eigenvalue weighted by molar-refractivity contribution is 5.43. The van der Waals surface area contributed by atoms with Crippen molar-refractivity contribution in [3.63, 3.8) is 0 Å². The van der Waals surface area contributed by atoms with Gasteiger partial charge in [-0.3, -0.25) is 0 Å². The summed E-state index contributed by atoms with van der Waals surface area (Å²) in [4.78, 5) is 0. The van der Waals surface area contributed by atoms with Gasteiger partial charge in [0.25, 0.3) is 0 Å². The second kappa shape index (κ2) is 7.55. The second-order valence-electron chi connectivity index (χ2n) is 4.69. The fourth-order valence-electron chi connectivity index (χ4n) is 2.06. The van der Waals surface area contributed by atoms with E-state index in [0.29, 0.717) is 6.61 Å². The summed E-state index contributed by atoms with van der Waals surface area (Å²) >= 11 is 0. The van der Waals surface area contributed by atoms with Crippen molar-refractivity contribution in [1.82, 2.24) is 5.32 Å². The lowest BCUT2D eigenvalue weighted by molar-refractivity contribution is 0.310. The monoisotopic (exact) mass is 287 g/mol. The van der Waals surface area contributed by atoms with E-state index in [4.69, 9.17) is 9.47 Å². The fourth-order valence-corrected chi connectivity index (χ4v) is 2.06. The quantitative estimate of drug-likeness (QED) is 0.821. The van der Waals surface area contributed by atoms with Crippen molar-refractivity contribution in [2.45, 2.75) is 20.0 Å². The first-order valence-electron chi connectivity index (χ1n) is 7.01. The van der Waals surface area contributed by atoms with E-state index in [2.05, 4.69) is 5.32 Å². The van der Waals surface area contributed by atoms with Gasteiger partial charge < -0.3 is 19.9 Å². The van der Waals surface area contributed by atoms with Gasteiger partial charge in [0.05, 0.1) is 13.7 Å². The molecule has 0 bridgehead atoms. The first kappa shape index (κ1) is 15.2. The molecule has 0 saturated carbocycles. The van der Waals surface area contributed by atoms with Gasteiger partial charge in [0, 0.05) is 13.1 Å². The first-order valence-corrected chi connectivity index (χ1v) is 7.01. The van der Waals surface area contributed by atoms with Gasteiger partial charge in [-0.25, -0.2) is 0 Å². The number of phenolic OH excluding ortho intramolecular Hbond substituents is 1. The Morgan fingerprint density at radius 1 is 0.952 bits per heavy atom. The van der Waals surface area contributed by atoms with Crippen LogP contribution < -0.4 is 14.8 Å². The molecule has 0 aliphatic rings. The van der Waals surface area contributed by atoms with Crippen LogP contribution in [0.3, 0.4) is 0 Å². The molecule has 0 aliphatic heterocycles. The maximum Gasteiger partial charge on any atom is 0.161 e. The SMILES string of the molecule is CCOc1ccc(CNCc2ccc(O)cc2)cc1OC. The van der Waals surface area contributed by atoms with Crippen molar-refractivity contribution in [3.05, 3.63) is 53.6 Å². The van der Waals surface area contributed by atoms with Gasteiger partial charge in [0.2, 0.25) is 0 Å². The van der Waals surface area contributed by atoms with Gasteiger partial charge in [-0.1, -0.05) is 18.2 Å². The van der Waals surface area contributed by atoms with Gasteiger partial charge in [-0.05, 0) is 42.3 Å². The van der Waals surface area contributed by atoms with Crippen LogP contribution in [0.2, 0.25) is 0 Å². The van der Waals surface area contributed by atoms with Gasteiger partial charge in [-0.15, -0.1) is 0 Å². The normalized spacial score (nSPS) is 10.4. The second-order valence-corrected chi connectivity index (χ2v) is 4.69. The van der Waals surface area contributed by atoms with E-state index in [0.717, 1.165) is 35.7 Å². The molecular weight excluding hydrogens is 266 g/mol. The van der Waals surface area contributed by atoms with Crippen molar-refractivity contribution in [3.8, 4) is 17.2 Å². The molecule has 0 heterocycles. The Kier molecular flexibility index (Phi) is 5.46. The minimum atomic E-state index is 0.287. The summed E-state index contributed by atoms with van der Waals surface area (Å²) in [6.45, 7) is 4.06. The number of rotatable bonds is 7. The van der Waals surface area contributed by atoms with Crippen LogP contribution in [-0.4, -0.2) is 18.8 Å². The Bertz CT molecular complexity index is 567. The Labute approximate surface area is 125 Å². The van der Waals surface area contributed by atoms with Crippen molar-refractivity contribution < 1.29 is 14.6 Å². The van der Waals surface area contributed by atoms with Crippen LogP contribution >= 0.6 is 0 Å². The fraction of sp³-hybridized carbons (Fsp3) is 0.294. The van der Waals surface area contributed by atoms with Gasteiger partial charge in [0.1, 0.15) is 5.75 Å². The van der Waals surface area contributed by atoms with Gasteiger partial charge in [0.15, 0.2) is 11.5 Å². The number of benzene rings is 2. The lowest BCUT2D eigenvalue weighted by Gasteiger charge is -2.11. The molecule has 0 amide bonds. The maximum absolute atomic E-state index is 9.24. The average molecular weight is 287 g/mol. The third-order valence-corrected chi connectivity index (χ3v) is 3.12. The molecule has 4 nitrogen and oxygen atoms in total. The summed E-state index contributed by atoms with van der Waals surface area (Å²) in [7, 11) is 1.64. The Balaban J connectivity index is 1.92. The minimum absolute atomic E-state index is 0.287. The third kappa shape index (κ3) is 4.39. The summed E-state index contributed by atoms with van der Waals surface area (Å²) in [5.74, 6) is 1.80. The maximum atomic E-state index is 9.24. The van der Waals surface area contributed by atoms with Crippen LogP contribution in [0, 0.1) is 0 Å². The Morgan fingerprint density at radius 3 is 2.29 bits per heavy atom. The van der Waals surface area contributed by atoms with Crippen LogP contribution in [0.1, 0.15) is 18.1 Å². The van der Waals surface area contributed by atoms with Crippen molar-refractivity contribution >= 4 is 0 Å². The molecular formula is C17H21NO3. The zero-order valence-electron chi connectivity index (χ0n) is 12.4. The molecule has 0 fully saturated rings. The predicted octanol–water partition coefficient (Wildman–Crippen LogP) is 3.09. The van der Waals surface area contributed by atoms with Gasteiger partial charge >= 0.3 is 0 Å². The van der Waals surface area contributed by atoms with Crippen LogP contribution in [0.5, 0.6) is 17.2 Å². The van der Waals surface area contributed by atoms with E-state index in [1.807, 2.05) is 37.3 Å². The predicted molar refractivity (Wildman–Crippen MR) is 82.8 cm³/mol. The molecule has 2 aromatic carbocycles. The van der Waals surface area contributed by atoms with Crippen molar-refractivity contribution in [1.29, 1.82) is 0 Å². The largest absolute Gasteiger partial charge is 0.508 e. The van der Waals surface area contributed by atoms with Crippen molar-refractivity contribution in [2.75, 3.05) is 13.7 Å². The van der Waals surface area contributed by atoms with Crippen LogP contribution in [-0.2, 0) is 13.1 Å². The molecule has 0 unspecified atom stereocenters. The summed E-state index contributed by atoms with van der Waals surface area (Å²) in [6.07, 6.45) is 0. The standard InChI is InChI=1S/C17H21NO3/c1-3-21-16-9-6-14(10-17(16)20-2)12-18-11-13-4-7-15(19)8-5-13/h4-10,18-19H,3,11-12H2,1-2H3. The molecule has 2 rings (SSSR count). The number of aromatic hydroxyl groups is 1. The lowest BCUT2D eigenvalue weighted by atomic mass is 10.2. The molecule has 2 aromatic rings. The zero-order valence-corrected chi connectivity index (χ0v) is 12.4. The summed E-state index contributed by atoms with van der Waals surface area (Å²) < 4.78 is 10.8. The number of phenols is 1. The van der Waals surface area contributed by atoms with E-state index in [9.17, 15) is 5.11 Å². The number of hydrogen-bond donors (Lipinski definition) is 2. The van der Waals surface area contributed by atoms with E-state index in [1.54, 1.807) is 19.2 Å². The molecule has 0 saturated heterocycles. The highest BCUT2D eigenvalue weighted by atomic mass is 16.5. The number of methoxy groups -OCH3 is 1. The summed E-state index contributed by atoms with van der Waals surface area (Å²) in [5, 5.41) is 12.6. The van der Waals surface area contributed by atoms with E-state index < -0.39 is 0 Å². The Morgan fingerprint density at radius 2 is 1.62 bits per heavy atom. The van der Waals surface area contributed by atoms with E-state index in [-0.39, 0.29) is 5.75 Å². The molecule has 2 N–H and O–H groups in total. The molecule has 0 radical (unpaired) electrons. The topological polar surface area (TPSA) is 50.7 Å². The number of ether oxygens (including phenoxy) is 2. The van der Waals surface area contributed by atoms with Crippen LogP contribution in [0.4, 0.5) is 0 Å². The van der Waals surface area contributed by atoms with Crippen LogP contribution in [0.15, 0.2) is 42.5 Å². The highest BCUT2D eigenvalue weighted by Gasteiger charge is 2.05. The van der Waals surface area contributed by atoms with Gasteiger partial charge in [-0.2, -0.15) is 0 Å². The highest BCUT2D eigenvalue weighted by Crippen LogP contribution is 2.27. The molecule has 0 atom stereocenters. The molecule has 112 valence electrons. The zero-order chi connectivity index (χ0) is 15.1. The molecule has 21 heavy (non-hydrogen) atoms. The number of nitrogens with one attached hydrogen (secondary N) is 1. The molecule has 4 heteroatoms. The molecule has 0 spiro atoms.